The molecule has 9 heteroatoms. The van der Waals surface area contributed by atoms with Gasteiger partial charge in [0, 0.05) is 22.9 Å². The number of benzene rings is 2. The van der Waals surface area contributed by atoms with E-state index < -0.39 is 10.8 Å². The minimum Gasteiger partial charge on any atom is -0.322 e. The highest BCUT2D eigenvalue weighted by Crippen LogP contribution is 2.23. The lowest BCUT2D eigenvalue weighted by molar-refractivity contribution is -0.385. The van der Waals surface area contributed by atoms with Crippen molar-refractivity contribution in [2.24, 2.45) is 0 Å². The van der Waals surface area contributed by atoms with Gasteiger partial charge in [0.1, 0.15) is 6.33 Å². The van der Waals surface area contributed by atoms with Crippen molar-refractivity contribution in [1.29, 1.82) is 0 Å². The molecule has 2 aromatic carbocycles. The fourth-order valence-electron chi connectivity index (χ4n) is 2.47. The number of nitrogens with zero attached hydrogens (tertiary/aromatic N) is 5. The fraction of sp³-hybridized carbons (Fsp3) is 0.125. The van der Waals surface area contributed by atoms with Gasteiger partial charge in [-0.05, 0) is 48.0 Å². The Hall–Kier alpha value is -3.62. The van der Waals surface area contributed by atoms with Crippen LogP contribution in [0.4, 0.5) is 11.4 Å². The number of carbonyl (C=O) groups excluding carboxylic acids is 1. The number of nitro groups is 1. The summed E-state index contributed by atoms with van der Waals surface area (Å²) in [6, 6.07) is 9.71. The van der Waals surface area contributed by atoms with Crippen molar-refractivity contribution in [3.8, 4) is 5.69 Å². The number of rotatable bonds is 4. The van der Waals surface area contributed by atoms with Crippen LogP contribution in [0.5, 0.6) is 0 Å². The van der Waals surface area contributed by atoms with Gasteiger partial charge < -0.3 is 5.32 Å². The van der Waals surface area contributed by atoms with E-state index in [9.17, 15) is 14.9 Å². The fourth-order valence-corrected chi connectivity index (χ4v) is 2.47. The largest absolute Gasteiger partial charge is 0.322 e. The molecule has 0 aliphatic rings. The Morgan fingerprint density at radius 2 is 2.04 bits per heavy atom. The van der Waals surface area contributed by atoms with Gasteiger partial charge in [0.05, 0.1) is 10.6 Å². The molecule has 1 N–H and O–H groups in total. The minimum absolute atomic E-state index is 0.0917. The number of tetrazole rings is 1. The summed E-state index contributed by atoms with van der Waals surface area (Å²) in [5, 5.41) is 24.8. The molecule has 126 valence electrons. The molecule has 0 fully saturated rings. The van der Waals surface area contributed by atoms with E-state index in [4.69, 9.17) is 0 Å². The second-order valence-corrected chi connectivity index (χ2v) is 5.42. The molecule has 25 heavy (non-hydrogen) atoms. The van der Waals surface area contributed by atoms with Crippen molar-refractivity contribution in [2.45, 2.75) is 13.8 Å². The summed E-state index contributed by atoms with van der Waals surface area (Å²) in [6.07, 6.45) is 1.46. The Morgan fingerprint density at radius 3 is 2.72 bits per heavy atom. The van der Waals surface area contributed by atoms with Crippen LogP contribution in [0, 0.1) is 24.0 Å². The van der Waals surface area contributed by atoms with Crippen LogP contribution in [0.3, 0.4) is 0 Å². The highest BCUT2D eigenvalue weighted by molar-refractivity contribution is 6.06. The lowest BCUT2D eigenvalue weighted by Crippen LogP contribution is -2.14. The highest BCUT2D eigenvalue weighted by Gasteiger charge is 2.18. The number of carbonyl (C=O) groups is 1. The van der Waals surface area contributed by atoms with Gasteiger partial charge in [-0.3, -0.25) is 14.9 Å². The maximum absolute atomic E-state index is 12.5. The third-order valence-electron chi connectivity index (χ3n) is 3.81. The van der Waals surface area contributed by atoms with Crippen molar-refractivity contribution in [2.75, 3.05) is 5.32 Å². The number of hydrogen-bond acceptors (Lipinski definition) is 6. The summed E-state index contributed by atoms with van der Waals surface area (Å²) in [5.74, 6) is -0.423. The maximum atomic E-state index is 12.5. The van der Waals surface area contributed by atoms with Crippen LogP contribution in [-0.4, -0.2) is 31.0 Å². The first-order valence-electron chi connectivity index (χ1n) is 7.36. The second kappa shape index (κ2) is 6.48. The molecule has 0 saturated carbocycles. The van der Waals surface area contributed by atoms with E-state index in [1.54, 1.807) is 25.1 Å². The standard InChI is InChI=1S/C16H14N6O3/c1-10-6-7-12(8-15(10)21-9-17-19-20-21)18-16(23)13-4-3-5-14(11(13)2)22(24)25/h3-9H,1-2H3,(H,18,23). The smallest absolute Gasteiger partial charge is 0.273 e. The summed E-state index contributed by atoms with van der Waals surface area (Å²) < 4.78 is 1.49. The average Bonchev–Trinajstić information content (AvgIpc) is 3.10. The lowest BCUT2D eigenvalue weighted by atomic mass is 10.1. The quantitative estimate of drug-likeness (QED) is 0.577. The Balaban J connectivity index is 1.91. The zero-order valence-corrected chi connectivity index (χ0v) is 13.5. The maximum Gasteiger partial charge on any atom is 0.273 e. The van der Waals surface area contributed by atoms with E-state index >= 15 is 0 Å². The topological polar surface area (TPSA) is 116 Å². The average molecular weight is 338 g/mol. The molecular formula is C16H14N6O3. The predicted octanol–water partition coefficient (Wildman–Crippen LogP) is 2.44. The second-order valence-electron chi connectivity index (χ2n) is 5.42. The van der Waals surface area contributed by atoms with Crippen LogP contribution in [0.15, 0.2) is 42.7 Å². The number of aryl methyl sites for hydroxylation is 1. The minimum atomic E-state index is -0.506. The Labute approximate surface area is 142 Å². The normalized spacial score (nSPS) is 10.5. The first kappa shape index (κ1) is 16.2. The molecule has 0 radical (unpaired) electrons. The van der Waals surface area contributed by atoms with Crippen molar-refractivity contribution in [1.82, 2.24) is 20.2 Å². The summed E-state index contributed by atoms with van der Waals surface area (Å²) in [6.45, 7) is 3.45. The van der Waals surface area contributed by atoms with Gasteiger partial charge in [-0.15, -0.1) is 5.10 Å². The van der Waals surface area contributed by atoms with E-state index in [-0.39, 0.29) is 11.3 Å². The molecule has 0 aliphatic heterocycles. The number of nitrogens with one attached hydrogen (secondary N) is 1. The Bertz CT molecular complexity index is 953. The molecule has 0 atom stereocenters. The van der Waals surface area contributed by atoms with Gasteiger partial charge >= 0.3 is 0 Å². The first-order valence-corrected chi connectivity index (χ1v) is 7.36. The van der Waals surface area contributed by atoms with E-state index in [1.165, 1.54) is 23.1 Å². The summed E-state index contributed by atoms with van der Waals surface area (Å²) in [7, 11) is 0. The van der Waals surface area contributed by atoms with Gasteiger partial charge in [-0.2, -0.15) is 0 Å². The molecule has 0 aliphatic carbocycles. The first-order chi connectivity index (χ1) is 12.0. The molecule has 0 bridgehead atoms. The number of amides is 1. The molecular weight excluding hydrogens is 324 g/mol. The van der Waals surface area contributed by atoms with Crippen LogP contribution in [-0.2, 0) is 0 Å². The molecule has 1 amide bonds. The van der Waals surface area contributed by atoms with Crippen LogP contribution in [0.2, 0.25) is 0 Å². The summed E-state index contributed by atoms with van der Waals surface area (Å²) in [5.41, 5.74) is 2.66. The summed E-state index contributed by atoms with van der Waals surface area (Å²) >= 11 is 0. The van der Waals surface area contributed by atoms with Gasteiger partial charge in [0.2, 0.25) is 0 Å². The third-order valence-corrected chi connectivity index (χ3v) is 3.81. The van der Waals surface area contributed by atoms with Gasteiger partial charge in [-0.1, -0.05) is 12.1 Å². The van der Waals surface area contributed by atoms with Crippen LogP contribution in [0.1, 0.15) is 21.5 Å². The van der Waals surface area contributed by atoms with Crippen LogP contribution in [0.25, 0.3) is 5.69 Å². The molecule has 1 heterocycles. The molecule has 0 unspecified atom stereocenters. The zero-order valence-electron chi connectivity index (χ0n) is 13.5. The predicted molar refractivity (Wildman–Crippen MR) is 89.7 cm³/mol. The third kappa shape index (κ3) is 3.20. The Kier molecular flexibility index (Phi) is 4.21. The molecule has 0 saturated heterocycles. The summed E-state index contributed by atoms with van der Waals surface area (Å²) in [4.78, 5) is 23.0. The molecule has 9 nitrogen and oxygen atoms in total. The van der Waals surface area contributed by atoms with Crippen molar-refractivity contribution >= 4 is 17.3 Å². The van der Waals surface area contributed by atoms with E-state index in [0.717, 1.165) is 11.3 Å². The van der Waals surface area contributed by atoms with Gasteiger partial charge in [0.25, 0.3) is 11.6 Å². The SMILES string of the molecule is Cc1ccc(NC(=O)c2cccc([N+](=O)[O-])c2C)cc1-n1cnnn1. The van der Waals surface area contributed by atoms with Crippen LogP contribution >= 0.6 is 0 Å². The number of aromatic nitrogens is 4. The number of hydrogen-bond donors (Lipinski definition) is 1. The van der Waals surface area contributed by atoms with Crippen molar-refractivity contribution in [3.05, 3.63) is 69.5 Å². The van der Waals surface area contributed by atoms with E-state index in [1.807, 2.05) is 13.0 Å². The molecule has 1 aromatic heterocycles. The molecule has 0 spiro atoms. The number of nitro benzene ring substituents is 1. The van der Waals surface area contributed by atoms with Crippen molar-refractivity contribution < 1.29 is 9.72 Å². The Morgan fingerprint density at radius 1 is 1.24 bits per heavy atom. The molecule has 3 rings (SSSR count). The molecule has 3 aromatic rings. The van der Waals surface area contributed by atoms with Crippen LogP contribution < -0.4 is 5.32 Å². The zero-order chi connectivity index (χ0) is 18.0. The van der Waals surface area contributed by atoms with Gasteiger partial charge in [-0.25, -0.2) is 4.68 Å². The van der Waals surface area contributed by atoms with E-state index in [0.29, 0.717) is 11.3 Å². The highest BCUT2D eigenvalue weighted by atomic mass is 16.6. The lowest BCUT2D eigenvalue weighted by Gasteiger charge is -2.11. The van der Waals surface area contributed by atoms with Crippen molar-refractivity contribution in [3.63, 3.8) is 0 Å². The monoisotopic (exact) mass is 338 g/mol. The van der Waals surface area contributed by atoms with Gasteiger partial charge in [0.15, 0.2) is 0 Å². The number of anilines is 1. The van der Waals surface area contributed by atoms with E-state index in [2.05, 4.69) is 20.8 Å².